The van der Waals surface area contributed by atoms with Gasteiger partial charge in [-0.2, -0.15) is 0 Å². The van der Waals surface area contributed by atoms with Crippen LogP contribution in [0.3, 0.4) is 0 Å². The van der Waals surface area contributed by atoms with E-state index >= 15 is 0 Å². The van der Waals surface area contributed by atoms with Crippen molar-refractivity contribution in [3.05, 3.63) is 60.2 Å². The summed E-state index contributed by atoms with van der Waals surface area (Å²) in [5.74, 6) is 1.12. The van der Waals surface area contributed by atoms with Gasteiger partial charge in [0.15, 0.2) is 6.61 Å². The predicted octanol–water partition coefficient (Wildman–Crippen LogP) is 3.57. The number of carbonyl (C=O) groups is 2. The van der Waals surface area contributed by atoms with Gasteiger partial charge in [-0.3, -0.25) is 9.59 Å². The lowest BCUT2D eigenvalue weighted by atomic mass is 10.1. The van der Waals surface area contributed by atoms with Crippen LogP contribution in [0, 0.1) is 0 Å². The summed E-state index contributed by atoms with van der Waals surface area (Å²) < 4.78 is 10.9. The Morgan fingerprint density at radius 1 is 1.25 bits per heavy atom. The van der Waals surface area contributed by atoms with Gasteiger partial charge in [0.1, 0.15) is 11.5 Å². The van der Waals surface area contributed by atoms with Crippen LogP contribution in [-0.2, 0) is 16.0 Å². The molecule has 2 amide bonds. The van der Waals surface area contributed by atoms with Crippen LogP contribution >= 0.6 is 0 Å². The first-order valence-corrected chi connectivity index (χ1v) is 9.19. The lowest BCUT2D eigenvalue weighted by Gasteiger charge is -2.29. The van der Waals surface area contributed by atoms with Crippen LogP contribution < -0.4 is 19.7 Å². The molecule has 0 aromatic heterocycles. The van der Waals surface area contributed by atoms with Crippen LogP contribution in [0.25, 0.3) is 0 Å². The quantitative estimate of drug-likeness (QED) is 0.746. The Labute approximate surface area is 164 Å². The van der Waals surface area contributed by atoms with Crippen LogP contribution in [0.15, 0.2) is 54.6 Å². The monoisotopic (exact) mass is 380 g/mol. The molecule has 0 fully saturated rings. The van der Waals surface area contributed by atoms with Gasteiger partial charge < -0.3 is 19.7 Å². The molecule has 0 radical (unpaired) electrons. The largest absolute Gasteiger partial charge is 0.494 e. The smallest absolute Gasteiger partial charge is 0.265 e. The third-order valence-electron chi connectivity index (χ3n) is 4.21. The van der Waals surface area contributed by atoms with E-state index in [0.717, 1.165) is 16.9 Å². The lowest BCUT2D eigenvalue weighted by Crippen LogP contribution is -2.39. The first-order chi connectivity index (χ1) is 13.5. The van der Waals surface area contributed by atoms with Crippen molar-refractivity contribution in [3.63, 3.8) is 0 Å². The fourth-order valence-electron chi connectivity index (χ4n) is 2.99. The average molecular weight is 380 g/mol. The highest BCUT2D eigenvalue weighted by atomic mass is 16.5. The normalized spacial score (nSPS) is 12.8. The molecule has 146 valence electrons. The third kappa shape index (κ3) is 4.71. The van der Waals surface area contributed by atoms with Crippen molar-refractivity contribution in [2.75, 3.05) is 30.0 Å². The van der Waals surface area contributed by atoms with Gasteiger partial charge in [-0.1, -0.05) is 24.3 Å². The summed E-state index contributed by atoms with van der Waals surface area (Å²) in [5.41, 5.74) is 3.09. The van der Waals surface area contributed by atoms with E-state index in [0.29, 0.717) is 30.3 Å². The van der Waals surface area contributed by atoms with Gasteiger partial charge in [-0.15, -0.1) is 0 Å². The summed E-state index contributed by atoms with van der Waals surface area (Å²) in [6.07, 6.45) is 0.255. The van der Waals surface area contributed by atoms with E-state index in [2.05, 4.69) is 11.9 Å². The minimum Gasteiger partial charge on any atom is -0.494 e. The molecule has 0 bridgehead atoms. The number of hydrogen-bond acceptors (Lipinski definition) is 4. The topological polar surface area (TPSA) is 67.9 Å². The maximum atomic E-state index is 12.4. The first-order valence-electron chi connectivity index (χ1n) is 9.19. The number of anilines is 2. The van der Waals surface area contributed by atoms with Crippen molar-refractivity contribution in [3.8, 4) is 11.5 Å². The van der Waals surface area contributed by atoms with Crippen molar-refractivity contribution >= 4 is 23.2 Å². The Bertz CT molecular complexity index is 890. The van der Waals surface area contributed by atoms with Crippen molar-refractivity contribution in [1.29, 1.82) is 0 Å². The molecule has 0 saturated heterocycles. The Kier molecular flexibility index (Phi) is 5.99. The van der Waals surface area contributed by atoms with Crippen molar-refractivity contribution in [2.24, 2.45) is 0 Å². The van der Waals surface area contributed by atoms with Gasteiger partial charge >= 0.3 is 0 Å². The molecule has 1 aliphatic rings. The number of nitrogens with zero attached hydrogens (tertiary/aromatic N) is 1. The highest BCUT2D eigenvalue weighted by molar-refractivity contribution is 5.99. The summed E-state index contributed by atoms with van der Waals surface area (Å²) in [6.45, 7) is 8.70. The Morgan fingerprint density at radius 3 is 2.68 bits per heavy atom. The van der Waals surface area contributed by atoms with Crippen LogP contribution in [-0.4, -0.2) is 31.6 Å². The minimum absolute atomic E-state index is 0.0239. The second kappa shape index (κ2) is 8.61. The van der Waals surface area contributed by atoms with E-state index < -0.39 is 0 Å². The van der Waals surface area contributed by atoms with Crippen LogP contribution in [0.4, 0.5) is 11.4 Å². The van der Waals surface area contributed by atoms with Crippen molar-refractivity contribution in [2.45, 2.75) is 20.3 Å². The summed E-state index contributed by atoms with van der Waals surface area (Å²) in [6, 6.07) is 12.7. The molecule has 2 aromatic carbocycles. The summed E-state index contributed by atoms with van der Waals surface area (Å²) in [7, 11) is 0. The van der Waals surface area contributed by atoms with E-state index in [1.54, 1.807) is 23.1 Å². The van der Waals surface area contributed by atoms with E-state index in [-0.39, 0.29) is 24.8 Å². The predicted molar refractivity (Wildman–Crippen MR) is 109 cm³/mol. The zero-order chi connectivity index (χ0) is 20.1. The Morgan fingerprint density at radius 2 is 2.00 bits per heavy atom. The fourth-order valence-corrected chi connectivity index (χ4v) is 2.99. The van der Waals surface area contributed by atoms with E-state index in [9.17, 15) is 9.59 Å². The number of ether oxygens (including phenoxy) is 2. The van der Waals surface area contributed by atoms with Gasteiger partial charge in [0.05, 0.1) is 18.7 Å². The molecule has 0 spiro atoms. The van der Waals surface area contributed by atoms with E-state index in [1.165, 1.54) is 0 Å². The second-order valence-electron chi connectivity index (χ2n) is 6.71. The summed E-state index contributed by atoms with van der Waals surface area (Å²) in [5, 5.41) is 2.88. The number of hydrogen-bond donors (Lipinski definition) is 1. The first kappa shape index (κ1) is 19.5. The molecule has 1 N–H and O–H groups in total. The molecular formula is C22H24N2O4. The number of fused-ring (bicyclic) bond motifs is 1. The Hall–Kier alpha value is -3.28. The molecule has 6 nitrogen and oxygen atoms in total. The number of amides is 2. The van der Waals surface area contributed by atoms with Crippen LogP contribution in [0.1, 0.15) is 19.4 Å². The SMILES string of the molecule is C=C(C)CN1C(=O)COc2cc(NC(=O)Cc3ccc(OCC)cc3)ccc21. The summed E-state index contributed by atoms with van der Waals surface area (Å²) >= 11 is 0. The zero-order valence-electron chi connectivity index (χ0n) is 16.2. The van der Waals surface area contributed by atoms with Gasteiger partial charge in [0.2, 0.25) is 5.91 Å². The molecule has 28 heavy (non-hydrogen) atoms. The highest BCUT2D eigenvalue weighted by Gasteiger charge is 2.25. The fraction of sp³-hybridized carbons (Fsp3) is 0.273. The number of rotatable bonds is 7. The van der Waals surface area contributed by atoms with Crippen LogP contribution in [0.2, 0.25) is 0 Å². The maximum absolute atomic E-state index is 12.4. The molecule has 0 atom stereocenters. The van der Waals surface area contributed by atoms with E-state index in [4.69, 9.17) is 9.47 Å². The lowest BCUT2D eigenvalue weighted by molar-refractivity contribution is -0.121. The maximum Gasteiger partial charge on any atom is 0.265 e. The van der Waals surface area contributed by atoms with Gasteiger partial charge in [-0.05, 0) is 43.7 Å². The molecule has 6 heteroatoms. The number of benzene rings is 2. The zero-order valence-corrected chi connectivity index (χ0v) is 16.2. The molecular weight excluding hydrogens is 356 g/mol. The summed E-state index contributed by atoms with van der Waals surface area (Å²) in [4.78, 5) is 26.1. The highest BCUT2D eigenvalue weighted by Crippen LogP contribution is 2.34. The third-order valence-corrected chi connectivity index (χ3v) is 4.21. The molecule has 1 heterocycles. The average Bonchev–Trinajstić information content (AvgIpc) is 2.65. The van der Waals surface area contributed by atoms with Crippen LogP contribution in [0.5, 0.6) is 11.5 Å². The van der Waals surface area contributed by atoms with Gasteiger partial charge in [-0.25, -0.2) is 0 Å². The van der Waals surface area contributed by atoms with Crippen molar-refractivity contribution < 1.29 is 19.1 Å². The molecule has 1 aliphatic heterocycles. The van der Waals surface area contributed by atoms with Crippen molar-refractivity contribution in [1.82, 2.24) is 0 Å². The van der Waals surface area contributed by atoms with E-state index in [1.807, 2.05) is 38.1 Å². The number of nitrogens with one attached hydrogen (secondary N) is 1. The molecule has 0 saturated carbocycles. The molecule has 3 rings (SSSR count). The van der Waals surface area contributed by atoms with Gasteiger partial charge in [0.25, 0.3) is 5.91 Å². The molecule has 0 unspecified atom stereocenters. The molecule has 0 aliphatic carbocycles. The minimum atomic E-state index is -0.130. The molecule has 2 aromatic rings. The Balaban J connectivity index is 1.67. The number of carbonyl (C=O) groups excluding carboxylic acids is 2. The van der Waals surface area contributed by atoms with Gasteiger partial charge in [0, 0.05) is 18.3 Å². The second-order valence-corrected chi connectivity index (χ2v) is 6.71. The standard InChI is InChI=1S/C22H24N2O4/c1-4-27-18-8-5-16(6-9-18)11-21(25)23-17-7-10-19-20(12-17)28-14-22(26)24(19)13-15(2)3/h5-10,12H,2,4,11,13-14H2,1,3H3,(H,23,25).